The lowest BCUT2D eigenvalue weighted by molar-refractivity contribution is -0.116. The fraction of sp³-hybridized carbons (Fsp3) is 0.118. The van der Waals surface area contributed by atoms with Gasteiger partial charge in [0.05, 0.1) is 27.9 Å². The second kappa shape index (κ2) is 6.63. The molecule has 2 aromatic carbocycles. The third kappa shape index (κ3) is 3.42. The SMILES string of the molecule is Cc1ccc2ncn(CC(=O)Nc3cc(Cl)ccc3Cl)c(=O)c2c1. The van der Waals surface area contributed by atoms with Crippen LogP contribution in [-0.2, 0) is 11.3 Å². The Balaban J connectivity index is 1.87. The maximum Gasteiger partial charge on any atom is 0.261 e. The smallest absolute Gasteiger partial charge is 0.261 e. The fourth-order valence-corrected chi connectivity index (χ4v) is 2.66. The van der Waals surface area contributed by atoms with E-state index in [1.165, 1.54) is 10.9 Å². The molecule has 1 N–H and O–H groups in total. The first kappa shape index (κ1) is 16.5. The Bertz CT molecular complexity index is 999. The van der Waals surface area contributed by atoms with Crippen LogP contribution in [0.25, 0.3) is 10.9 Å². The van der Waals surface area contributed by atoms with Crippen molar-refractivity contribution in [3.8, 4) is 0 Å². The number of anilines is 1. The molecule has 24 heavy (non-hydrogen) atoms. The van der Waals surface area contributed by atoms with Crippen molar-refractivity contribution < 1.29 is 4.79 Å². The molecule has 1 heterocycles. The van der Waals surface area contributed by atoms with Crippen LogP contribution in [0.15, 0.2) is 47.5 Å². The average Bonchev–Trinajstić information content (AvgIpc) is 2.54. The predicted molar refractivity (Wildman–Crippen MR) is 95.8 cm³/mol. The van der Waals surface area contributed by atoms with Gasteiger partial charge in [-0.3, -0.25) is 14.2 Å². The molecule has 3 aromatic rings. The molecule has 0 saturated heterocycles. The summed E-state index contributed by atoms with van der Waals surface area (Å²) < 4.78 is 1.26. The number of halogens is 2. The number of benzene rings is 2. The van der Waals surface area contributed by atoms with Crippen molar-refractivity contribution in [1.82, 2.24) is 9.55 Å². The summed E-state index contributed by atoms with van der Waals surface area (Å²) in [5.41, 5.74) is 1.68. The summed E-state index contributed by atoms with van der Waals surface area (Å²) in [4.78, 5) is 28.9. The van der Waals surface area contributed by atoms with Crippen molar-refractivity contribution in [3.63, 3.8) is 0 Å². The van der Waals surface area contributed by atoms with Gasteiger partial charge >= 0.3 is 0 Å². The monoisotopic (exact) mass is 361 g/mol. The summed E-state index contributed by atoms with van der Waals surface area (Å²) in [5.74, 6) is -0.393. The molecular formula is C17H13Cl2N3O2. The first-order valence-corrected chi connectivity index (χ1v) is 7.90. The predicted octanol–water partition coefficient (Wildman–Crippen LogP) is 3.65. The van der Waals surface area contributed by atoms with Crippen LogP contribution in [0.4, 0.5) is 5.69 Å². The highest BCUT2D eigenvalue weighted by atomic mass is 35.5. The van der Waals surface area contributed by atoms with Crippen molar-refractivity contribution in [2.24, 2.45) is 0 Å². The number of hydrogen-bond acceptors (Lipinski definition) is 3. The maximum absolute atomic E-state index is 12.5. The molecule has 0 spiro atoms. The lowest BCUT2D eigenvalue weighted by Crippen LogP contribution is -2.28. The van der Waals surface area contributed by atoms with Gasteiger partial charge in [-0.2, -0.15) is 0 Å². The molecule has 5 nitrogen and oxygen atoms in total. The van der Waals surface area contributed by atoms with Crippen LogP contribution in [0.5, 0.6) is 0 Å². The molecule has 3 rings (SSSR count). The van der Waals surface area contributed by atoms with E-state index in [4.69, 9.17) is 23.2 Å². The third-order valence-corrected chi connectivity index (χ3v) is 4.06. The Morgan fingerprint density at radius 2 is 2.00 bits per heavy atom. The minimum absolute atomic E-state index is 0.168. The zero-order valence-corrected chi connectivity index (χ0v) is 14.2. The normalized spacial score (nSPS) is 10.8. The van der Waals surface area contributed by atoms with E-state index in [0.29, 0.717) is 26.6 Å². The molecular weight excluding hydrogens is 349 g/mol. The second-order valence-electron chi connectivity index (χ2n) is 5.37. The van der Waals surface area contributed by atoms with Gasteiger partial charge in [-0.15, -0.1) is 0 Å². The van der Waals surface area contributed by atoms with Crippen LogP contribution >= 0.6 is 23.2 Å². The summed E-state index contributed by atoms with van der Waals surface area (Å²) in [7, 11) is 0. The van der Waals surface area contributed by atoms with Gasteiger partial charge in [0, 0.05) is 5.02 Å². The molecule has 0 atom stereocenters. The van der Waals surface area contributed by atoms with Gasteiger partial charge in [0.1, 0.15) is 6.54 Å². The van der Waals surface area contributed by atoms with Crippen molar-refractivity contribution in [2.75, 3.05) is 5.32 Å². The van der Waals surface area contributed by atoms with Crippen LogP contribution in [0, 0.1) is 6.92 Å². The van der Waals surface area contributed by atoms with Crippen molar-refractivity contribution in [3.05, 3.63) is 68.7 Å². The van der Waals surface area contributed by atoms with E-state index in [0.717, 1.165) is 5.56 Å². The van der Waals surface area contributed by atoms with E-state index in [-0.39, 0.29) is 12.1 Å². The number of carbonyl (C=O) groups is 1. The third-order valence-electron chi connectivity index (χ3n) is 3.50. The highest BCUT2D eigenvalue weighted by Crippen LogP contribution is 2.25. The van der Waals surface area contributed by atoms with E-state index in [2.05, 4.69) is 10.3 Å². The molecule has 0 bridgehead atoms. The quantitative estimate of drug-likeness (QED) is 0.774. The summed E-state index contributed by atoms with van der Waals surface area (Å²) >= 11 is 11.9. The Kier molecular flexibility index (Phi) is 4.55. The van der Waals surface area contributed by atoms with E-state index >= 15 is 0 Å². The Morgan fingerprint density at radius 3 is 2.79 bits per heavy atom. The van der Waals surface area contributed by atoms with Gasteiger partial charge in [-0.05, 0) is 37.3 Å². The lowest BCUT2D eigenvalue weighted by Gasteiger charge is -2.09. The van der Waals surface area contributed by atoms with Crippen LogP contribution in [-0.4, -0.2) is 15.5 Å². The number of amides is 1. The molecule has 1 aromatic heterocycles. The maximum atomic E-state index is 12.5. The number of nitrogens with zero attached hydrogens (tertiary/aromatic N) is 2. The molecule has 0 fully saturated rings. The summed E-state index contributed by atoms with van der Waals surface area (Å²) in [6, 6.07) is 10.2. The van der Waals surface area contributed by atoms with Crippen molar-refractivity contribution in [2.45, 2.75) is 13.5 Å². The minimum Gasteiger partial charge on any atom is -0.323 e. The number of nitrogens with one attached hydrogen (secondary N) is 1. The zero-order chi connectivity index (χ0) is 17.3. The number of fused-ring (bicyclic) bond motifs is 1. The fourth-order valence-electron chi connectivity index (χ4n) is 2.32. The average molecular weight is 362 g/mol. The summed E-state index contributed by atoms with van der Waals surface area (Å²) in [5, 5.41) is 3.94. The Labute approximate surface area is 147 Å². The lowest BCUT2D eigenvalue weighted by atomic mass is 10.2. The topological polar surface area (TPSA) is 64.0 Å². The highest BCUT2D eigenvalue weighted by Gasteiger charge is 2.10. The zero-order valence-electron chi connectivity index (χ0n) is 12.7. The molecule has 0 saturated carbocycles. The summed E-state index contributed by atoms with van der Waals surface area (Å²) in [6.07, 6.45) is 1.36. The minimum atomic E-state index is -0.393. The number of aromatic nitrogens is 2. The highest BCUT2D eigenvalue weighted by molar-refractivity contribution is 6.35. The molecule has 0 unspecified atom stereocenters. The molecule has 0 radical (unpaired) electrons. The molecule has 0 aliphatic rings. The van der Waals surface area contributed by atoms with Gasteiger partial charge in [0.2, 0.25) is 5.91 Å². The second-order valence-corrected chi connectivity index (χ2v) is 6.21. The number of aryl methyl sites for hydroxylation is 1. The van der Waals surface area contributed by atoms with Gasteiger partial charge in [0.25, 0.3) is 5.56 Å². The van der Waals surface area contributed by atoms with Gasteiger partial charge in [0.15, 0.2) is 0 Å². The van der Waals surface area contributed by atoms with Gasteiger partial charge in [-0.25, -0.2) is 4.98 Å². The van der Waals surface area contributed by atoms with Crippen molar-refractivity contribution in [1.29, 1.82) is 0 Å². The van der Waals surface area contributed by atoms with Crippen LogP contribution in [0.3, 0.4) is 0 Å². The van der Waals surface area contributed by atoms with Gasteiger partial charge < -0.3 is 5.32 Å². The molecule has 0 aliphatic carbocycles. The number of rotatable bonds is 3. The van der Waals surface area contributed by atoms with E-state index in [1.807, 2.05) is 13.0 Å². The molecule has 122 valence electrons. The Hall–Kier alpha value is -2.37. The van der Waals surface area contributed by atoms with Crippen LogP contribution in [0.1, 0.15) is 5.56 Å². The summed E-state index contributed by atoms with van der Waals surface area (Å²) in [6.45, 7) is 1.72. The van der Waals surface area contributed by atoms with Crippen molar-refractivity contribution >= 4 is 45.7 Å². The van der Waals surface area contributed by atoms with Crippen LogP contribution in [0.2, 0.25) is 10.0 Å². The largest absolute Gasteiger partial charge is 0.323 e. The van der Waals surface area contributed by atoms with E-state index in [1.54, 1.807) is 30.3 Å². The number of hydrogen-bond donors (Lipinski definition) is 1. The first-order chi connectivity index (χ1) is 11.4. The standard InChI is InChI=1S/C17H13Cl2N3O2/c1-10-2-5-14-12(6-10)17(24)22(9-20-14)8-16(23)21-15-7-11(18)3-4-13(15)19/h2-7,9H,8H2,1H3,(H,21,23). The molecule has 0 aliphatic heterocycles. The van der Waals surface area contributed by atoms with E-state index in [9.17, 15) is 9.59 Å². The Morgan fingerprint density at radius 1 is 1.21 bits per heavy atom. The van der Waals surface area contributed by atoms with Gasteiger partial charge in [-0.1, -0.05) is 34.8 Å². The number of carbonyl (C=O) groups excluding carboxylic acids is 1. The molecule has 1 amide bonds. The molecule has 7 heteroatoms. The first-order valence-electron chi connectivity index (χ1n) is 7.15. The van der Waals surface area contributed by atoms with Crippen LogP contribution < -0.4 is 10.9 Å². The van der Waals surface area contributed by atoms with E-state index < -0.39 is 5.91 Å².